The van der Waals surface area contributed by atoms with E-state index in [1.54, 1.807) is 0 Å². The third kappa shape index (κ3) is 6.48. The minimum absolute atomic E-state index is 0.113. The molecule has 22 heavy (non-hydrogen) atoms. The van der Waals surface area contributed by atoms with E-state index in [9.17, 15) is 4.79 Å². The Kier molecular flexibility index (Phi) is 7.23. The van der Waals surface area contributed by atoms with Crippen molar-refractivity contribution in [2.45, 2.75) is 58.1 Å². The average Bonchev–Trinajstić information content (AvgIpc) is 2.55. The number of carbonyl (C=O) groups excluding carboxylic acids is 1. The van der Waals surface area contributed by atoms with Gasteiger partial charge in [0.25, 0.3) is 0 Å². The van der Waals surface area contributed by atoms with Crippen molar-refractivity contribution in [3.05, 3.63) is 35.4 Å². The molecular weight excluding hydrogens is 276 g/mol. The van der Waals surface area contributed by atoms with Gasteiger partial charge >= 0.3 is 6.03 Å². The lowest BCUT2D eigenvalue weighted by molar-refractivity contribution is 0.0275. The molecule has 2 amide bonds. The van der Waals surface area contributed by atoms with E-state index in [-0.39, 0.29) is 6.03 Å². The molecule has 1 aliphatic rings. The summed E-state index contributed by atoms with van der Waals surface area (Å²) in [5, 5.41) is 5.74. The lowest BCUT2D eigenvalue weighted by Gasteiger charge is -2.21. The normalized spacial score (nSPS) is 15.5. The van der Waals surface area contributed by atoms with Gasteiger partial charge in [-0.15, -0.1) is 0 Å². The zero-order chi connectivity index (χ0) is 15.6. The van der Waals surface area contributed by atoms with Crippen LogP contribution in [-0.2, 0) is 11.3 Å². The molecule has 0 spiro atoms. The number of nitrogens with one attached hydrogen (secondary N) is 2. The number of carbonyl (C=O) groups is 1. The number of benzene rings is 1. The molecule has 1 aromatic carbocycles. The minimum Gasteiger partial charge on any atom is -0.378 e. The van der Waals surface area contributed by atoms with Gasteiger partial charge in [0.15, 0.2) is 0 Å². The van der Waals surface area contributed by atoms with Crippen LogP contribution >= 0.6 is 0 Å². The second-order valence-corrected chi connectivity index (χ2v) is 6.08. The molecule has 0 saturated heterocycles. The van der Waals surface area contributed by atoms with Crippen molar-refractivity contribution in [1.29, 1.82) is 0 Å². The standard InChI is InChI=1S/C18H28N2O2/c1-15-8-10-16(11-9-15)14-20-18(21)19-12-5-13-22-17-6-3-2-4-7-17/h8-11,17H,2-7,12-14H2,1H3,(H2,19,20,21). The number of ether oxygens (including phenoxy) is 1. The highest BCUT2D eigenvalue weighted by Crippen LogP contribution is 2.20. The number of urea groups is 1. The van der Waals surface area contributed by atoms with Crippen LogP contribution in [-0.4, -0.2) is 25.3 Å². The van der Waals surface area contributed by atoms with Crippen molar-refractivity contribution in [3.8, 4) is 0 Å². The lowest BCUT2D eigenvalue weighted by Crippen LogP contribution is -2.36. The molecule has 2 rings (SSSR count). The smallest absolute Gasteiger partial charge is 0.315 e. The summed E-state index contributed by atoms with van der Waals surface area (Å²) >= 11 is 0. The maximum atomic E-state index is 11.7. The minimum atomic E-state index is -0.113. The van der Waals surface area contributed by atoms with Gasteiger partial charge in [-0.3, -0.25) is 0 Å². The van der Waals surface area contributed by atoms with E-state index in [2.05, 4.69) is 29.7 Å². The maximum absolute atomic E-state index is 11.7. The van der Waals surface area contributed by atoms with E-state index in [0.29, 0.717) is 19.2 Å². The molecule has 2 N–H and O–H groups in total. The molecule has 0 aromatic heterocycles. The molecule has 0 heterocycles. The molecule has 0 unspecified atom stereocenters. The topological polar surface area (TPSA) is 50.4 Å². The first-order valence-corrected chi connectivity index (χ1v) is 8.43. The van der Waals surface area contributed by atoms with Crippen molar-refractivity contribution < 1.29 is 9.53 Å². The Morgan fingerprint density at radius 1 is 1.14 bits per heavy atom. The van der Waals surface area contributed by atoms with Gasteiger partial charge in [0, 0.05) is 19.7 Å². The zero-order valence-electron chi connectivity index (χ0n) is 13.6. The van der Waals surface area contributed by atoms with Crippen LogP contribution in [0.2, 0.25) is 0 Å². The van der Waals surface area contributed by atoms with Crippen molar-refractivity contribution in [1.82, 2.24) is 10.6 Å². The molecule has 4 nitrogen and oxygen atoms in total. The second kappa shape index (κ2) is 9.46. The Morgan fingerprint density at radius 2 is 1.86 bits per heavy atom. The third-order valence-electron chi connectivity index (χ3n) is 4.09. The van der Waals surface area contributed by atoms with Gasteiger partial charge in [-0.1, -0.05) is 49.1 Å². The third-order valence-corrected chi connectivity index (χ3v) is 4.09. The Morgan fingerprint density at radius 3 is 2.59 bits per heavy atom. The van der Waals surface area contributed by atoms with E-state index < -0.39 is 0 Å². The molecule has 4 heteroatoms. The largest absolute Gasteiger partial charge is 0.378 e. The van der Waals surface area contributed by atoms with Crippen LogP contribution in [0, 0.1) is 6.92 Å². The summed E-state index contributed by atoms with van der Waals surface area (Å²) in [5.74, 6) is 0. The Bertz CT molecular complexity index is 439. The Balaban J connectivity index is 1.49. The highest BCUT2D eigenvalue weighted by Gasteiger charge is 2.12. The highest BCUT2D eigenvalue weighted by molar-refractivity contribution is 5.73. The quantitative estimate of drug-likeness (QED) is 0.757. The first-order valence-electron chi connectivity index (χ1n) is 8.43. The predicted octanol–water partition coefficient (Wildman–Crippen LogP) is 3.53. The molecule has 0 atom stereocenters. The van der Waals surface area contributed by atoms with Crippen LogP contribution < -0.4 is 10.6 Å². The molecule has 0 aliphatic heterocycles. The van der Waals surface area contributed by atoms with Crippen LogP contribution in [0.15, 0.2) is 24.3 Å². The van der Waals surface area contributed by atoms with E-state index in [1.165, 1.54) is 37.7 Å². The molecule has 122 valence electrons. The number of amides is 2. The summed E-state index contributed by atoms with van der Waals surface area (Å²) in [7, 11) is 0. The number of hydrogen-bond acceptors (Lipinski definition) is 2. The fourth-order valence-electron chi connectivity index (χ4n) is 2.71. The molecular formula is C18H28N2O2. The van der Waals surface area contributed by atoms with Gasteiger partial charge in [0.1, 0.15) is 0 Å². The van der Waals surface area contributed by atoms with Crippen LogP contribution in [0.5, 0.6) is 0 Å². The monoisotopic (exact) mass is 304 g/mol. The van der Waals surface area contributed by atoms with Crippen molar-refractivity contribution >= 4 is 6.03 Å². The van der Waals surface area contributed by atoms with E-state index in [1.807, 2.05) is 12.1 Å². The summed E-state index contributed by atoms with van der Waals surface area (Å²) in [6, 6.07) is 8.06. The highest BCUT2D eigenvalue weighted by atomic mass is 16.5. The Hall–Kier alpha value is -1.55. The summed E-state index contributed by atoms with van der Waals surface area (Å²) in [6.07, 6.45) is 7.66. The maximum Gasteiger partial charge on any atom is 0.315 e. The fraction of sp³-hybridized carbons (Fsp3) is 0.611. The Labute approximate surface area is 133 Å². The first kappa shape index (κ1) is 16.8. The summed E-state index contributed by atoms with van der Waals surface area (Å²) in [4.78, 5) is 11.7. The fourth-order valence-corrected chi connectivity index (χ4v) is 2.71. The number of rotatable bonds is 7. The SMILES string of the molecule is Cc1ccc(CNC(=O)NCCCOC2CCCCC2)cc1. The van der Waals surface area contributed by atoms with Crippen LogP contribution in [0.25, 0.3) is 0 Å². The molecule has 1 saturated carbocycles. The molecule has 0 radical (unpaired) electrons. The molecule has 1 aliphatic carbocycles. The van der Waals surface area contributed by atoms with Gasteiger partial charge in [-0.25, -0.2) is 4.79 Å². The van der Waals surface area contributed by atoms with E-state index in [4.69, 9.17) is 4.74 Å². The first-order chi connectivity index (χ1) is 10.7. The second-order valence-electron chi connectivity index (χ2n) is 6.08. The van der Waals surface area contributed by atoms with Gasteiger partial charge < -0.3 is 15.4 Å². The summed E-state index contributed by atoms with van der Waals surface area (Å²) < 4.78 is 5.83. The van der Waals surface area contributed by atoms with Crippen molar-refractivity contribution in [2.24, 2.45) is 0 Å². The van der Waals surface area contributed by atoms with E-state index >= 15 is 0 Å². The predicted molar refractivity (Wildman–Crippen MR) is 88.9 cm³/mol. The molecule has 1 fully saturated rings. The van der Waals surface area contributed by atoms with Crippen LogP contribution in [0.4, 0.5) is 4.79 Å². The van der Waals surface area contributed by atoms with Gasteiger partial charge in [0.2, 0.25) is 0 Å². The summed E-state index contributed by atoms with van der Waals surface area (Å²) in [6.45, 7) is 4.01. The lowest BCUT2D eigenvalue weighted by atomic mass is 9.98. The van der Waals surface area contributed by atoms with Crippen LogP contribution in [0.1, 0.15) is 49.7 Å². The summed E-state index contributed by atoms with van der Waals surface area (Å²) in [5.41, 5.74) is 2.34. The van der Waals surface area contributed by atoms with Crippen molar-refractivity contribution in [2.75, 3.05) is 13.2 Å². The average molecular weight is 304 g/mol. The van der Waals surface area contributed by atoms with Crippen LogP contribution in [0.3, 0.4) is 0 Å². The van der Waals surface area contributed by atoms with Gasteiger partial charge in [-0.2, -0.15) is 0 Å². The van der Waals surface area contributed by atoms with Gasteiger partial charge in [0.05, 0.1) is 6.10 Å². The van der Waals surface area contributed by atoms with Crippen molar-refractivity contribution in [3.63, 3.8) is 0 Å². The number of aryl methyl sites for hydroxylation is 1. The van der Waals surface area contributed by atoms with Gasteiger partial charge in [-0.05, 0) is 31.7 Å². The zero-order valence-corrected chi connectivity index (χ0v) is 13.6. The van der Waals surface area contributed by atoms with E-state index in [0.717, 1.165) is 18.6 Å². The molecule has 0 bridgehead atoms. The number of hydrogen-bond donors (Lipinski definition) is 2. The molecule has 1 aromatic rings.